The van der Waals surface area contributed by atoms with Crippen LogP contribution in [0.1, 0.15) is 0 Å². The van der Waals surface area contributed by atoms with Crippen molar-refractivity contribution in [3.8, 4) is 5.00 Å². The molecule has 1 nitrogen and oxygen atoms in total. The standard InChI is InChI=1S/C12H6BrNS3/c13-9-6-8-12(17-9)11-7(3-5-16-11)14(8)10-2-1-4-15-10/h1-6H. The van der Waals surface area contributed by atoms with Crippen molar-refractivity contribution < 1.29 is 0 Å². The van der Waals surface area contributed by atoms with Crippen molar-refractivity contribution in [2.24, 2.45) is 0 Å². The number of thiophene rings is 3. The van der Waals surface area contributed by atoms with Gasteiger partial charge in [0, 0.05) is 0 Å². The fourth-order valence-corrected chi connectivity index (χ4v) is 5.46. The molecule has 4 rings (SSSR count). The van der Waals surface area contributed by atoms with Crippen LogP contribution in [0.15, 0.2) is 38.8 Å². The Bertz CT molecular complexity index is 804. The maximum atomic E-state index is 3.59. The smallest absolute Gasteiger partial charge is 0.1000 e. The number of hydrogen-bond donors (Lipinski definition) is 0. The van der Waals surface area contributed by atoms with Crippen LogP contribution in [-0.2, 0) is 0 Å². The van der Waals surface area contributed by atoms with E-state index in [1.807, 2.05) is 22.7 Å². The average molecular weight is 340 g/mol. The molecule has 0 aliphatic heterocycles. The van der Waals surface area contributed by atoms with Gasteiger partial charge in [-0.2, -0.15) is 0 Å². The lowest BCUT2D eigenvalue weighted by Gasteiger charge is -2.00. The molecule has 0 atom stereocenters. The zero-order valence-electron chi connectivity index (χ0n) is 8.51. The second kappa shape index (κ2) is 3.68. The van der Waals surface area contributed by atoms with E-state index in [0.29, 0.717) is 0 Å². The number of rotatable bonds is 1. The van der Waals surface area contributed by atoms with Gasteiger partial charge in [-0.1, -0.05) is 0 Å². The van der Waals surface area contributed by atoms with Crippen molar-refractivity contribution in [3.63, 3.8) is 0 Å². The van der Waals surface area contributed by atoms with Crippen molar-refractivity contribution in [2.75, 3.05) is 0 Å². The summed E-state index contributed by atoms with van der Waals surface area (Å²) in [6, 6.07) is 8.70. The van der Waals surface area contributed by atoms with Gasteiger partial charge in [0.25, 0.3) is 0 Å². The normalized spacial score (nSPS) is 11.8. The molecule has 0 saturated heterocycles. The first kappa shape index (κ1) is 10.3. The van der Waals surface area contributed by atoms with Crippen LogP contribution in [0, 0.1) is 0 Å². The molecule has 5 heteroatoms. The van der Waals surface area contributed by atoms with Crippen molar-refractivity contribution in [1.29, 1.82) is 0 Å². The molecule has 0 N–H and O–H groups in total. The second-order valence-corrected chi connectivity index (χ2v) is 7.96. The summed E-state index contributed by atoms with van der Waals surface area (Å²) >= 11 is 9.01. The number of halogens is 1. The van der Waals surface area contributed by atoms with E-state index in [1.165, 1.54) is 29.2 Å². The van der Waals surface area contributed by atoms with Gasteiger partial charge < -0.3 is 0 Å². The topological polar surface area (TPSA) is 4.93 Å². The van der Waals surface area contributed by atoms with Crippen LogP contribution >= 0.6 is 49.9 Å². The lowest BCUT2D eigenvalue weighted by Crippen LogP contribution is -1.87. The summed E-state index contributed by atoms with van der Waals surface area (Å²) in [7, 11) is 0. The molecule has 0 aliphatic rings. The first-order valence-corrected chi connectivity index (χ1v) is 8.42. The van der Waals surface area contributed by atoms with E-state index in [2.05, 4.69) is 55.5 Å². The molecule has 0 amide bonds. The van der Waals surface area contributed by atoms with Crippen LogP contribution in [0.4, 0.5) is 0 Å². The highest BCUT2D eigenvalue weighted by Gasteiger charge is 2.16. The summed E-state index contributed by atoms with van der Waals surface area (Å²) in [5.41, 5.74) is 2.64. The number of nitrogens with zero attached hydrogens (tertiary/aromatic N) is 1. The minimum Gasteiger partial charge on any atom is -0.299 e. The minimum atomic E-state index is 1.20. The van der Waals surface area contributed by atoms with Gasteiger partial charge in [0.2, 0.25) is 0 Å². The molecule has 4 aromatic heterocycles. The van der Waals surface area contributed by atoms with Gasteiger partial charge in [-0.25, -0.2) is 0 Å². The predicted octanol–water partition coefficient (Wildman–Crippen LogP) is 5.73. The Kier molecular flexibility index (Phi) is 2.24. The van der Waals surface area contributed by atoms with Crippen molar-refractivity contribution in [1.82, 2.24) is 4.57 Å². The molecule has 0 aliphatic carbocycles. The third-order valence-electron chi connectivity index (χ3n) is 2.74. The minimum absolute atomic E-state index is 1.20. The zero-order valence-corrected chi connectivity index (χ0v) is 12.5. The highest BCUT2D eigenvalue weighted by Crippen LogP contribution is 2.42. The Labute approximate surface area is 118 Å². The van der Waals surface area contributed by atoms with Crippen LogP contribution in [0.25, 0.3) is 25.4 Å². The molecular formula is C12H6BrNS3. The summed E-state index contributed by atoms with van der Waals surface area (Å²) < 4.78 is 6.33. The third-order valence-corrected chi connectivity index (χ3v) is 6.29. The van der Waals surface area contributed by atoms with E-state index < -0.39 is 0 Å². The fourth-order valence-electron chi connectivity index (χ4n) is 2.09. The van der Waals surface area contributed by atoms with Gasteiger partial charge in [0.15, 0.2) is 0 Å². The summed E-state index contributed by atoms with van der Waals surface area (Å²) in [4.78, 5) is 0. The Morgan fingerprint density at radius 3 is 2.76 bits per heavy atom. The molecule has 0 bridgehead atoms. The van der Waals surface area contributed by atoms with Crippen LogP contribution in [0.2, 0.25) is 0 Å². The van der Waals surface area contributed by atoms with E-state index >= 15 is 0 Å². The quantitative estimate of drug-likeness (QED) is 0.417. The summed E-state index contributed by atoms with van der Waals surface area (Å²) in [6.45, 7) is 0. The Morgan fingerprint density at radius 1 is 1.00 bits per heavy atom. The van der Waals surface area contributed by atoms with Gasteiger partial charge >= 0.3 is 0 Å². The summed E-state index contributed by atoms with van der Waals surface area (Å²) in [5, 5.41) is 5.58. The Balaban J connectivity index is 2.25. The van der Waals surface area contributed by atoms with Gasteiger partial charge in [0.1, 0.15) is 0 Å². The maximum absolute atomic E-state index is 3.59. The highest BCUT2D eigenvalue weighted by molar-refractivity contribution is 9.11. The van der Waals surface area contributed by atoms with Crippen LogP contribution in [0.3, 0.4) is 0 Å². The van der Waals surface area contributed by atoms with E-state index in [0.717, 1.165) is 0 Å². The van der Waals surface area contributed by atoms with E-state index in [1.54, 1.807) is 11.3 Å². The molecule has 0 spiro atoms. The van der Waals surface area contributed by atoms with Crippen molar-refractivity contribution in [2.45, 2.75) is 0 Å². The van der Waals surface area contributed by atoms with Gasteiger partial charge in [-0.15, -0.1) is 34.0 Å². The Morgan fingerprint density at radius 2 is 1.94 bits per heavy atom. The van der Waals surface area contributed by atoms with E-state index in [-0.39, 0.29) is 0 Å². The van der Waals surface area contributed by atoms with E-state index in [9.17, 15) is 0 Å². The molecule has 0 fully saturated rings. The molecular weight excluding hydrogens is 334 g/mol. The first-order valence-electron chi connectivity index (χ1n) is 5.05. The number of hydrogen-bond acceptors (Lipinski definition) is 3. The zero-order chi connectivity index (χ0) is 11.4. The first-order chi connectivity index (χ1) is 8.34. The van der Waals surface area contributed by atoms with Crippen LogP contribution < -0.4 is 0 Å². The molecule has 0 saturated carbocycles. The molecule has 4 heterocycles. The number of fused-ring (bicyclic) bond motifs is 3. The lowest BCUT2D eigenvalue weighted by molar-refractivity contribution is 1.23. The van der Waals surface area contributed by atoms with Crippen molar-refractivity contribution >= 4 is 70.4 Å². The maximum Gasteiger partial charge on any atom is 0.1000 e. The van der Waals surface area contributed by atoms with Crippen molar-refractivity contribution in [3.05, 3.63) is 38.8 Å². The highest BCUT2D eigenvalue weighted by atomic mass is 79.9. The number of aromatic nitrogens is 1. The molecule has 0 unspecified atom stereocenters. The summed E-state index contributed by atoms with van der Waals surface area (Å²) in [6.07, 6.45) is 0. The molecule has 17 heavy (non-hydrogen) atoms. The SMILES string of the molecule is Brc1cc2c(s1)c1sccc1n2-c1cccs1. The van der Waals surface area contributed by atoms with Gasteiger partial charge in [0.05, 0.1) is 29.2 Å². The van der Waals surface area contributed by atoms with Crippen LogP contribution in [-0.4, -0.2) is 4.57 Å². The lowest BCUT2D eigenvalue weighted by atomic mass is 10.5. The predicted molar refractivity (Wildman–Crippen MR) is 82.1 cm³/mol. The molecule has 0 aromatic carbocycles. The molecule has 0 radical (unpaired) electrons. The van der Waals surface area contributed by atoms with Gasteiger partial charge in [-0.05, 0) is 51.0 Å². The largest absolute Gasteiger partial charge is 0.299 e. The van der Waals surface area contributed by atoms with Gasteiger partial charge in [-0.3, -0.25) is 4.57 Å². The van der Waals surface area contributed by atoms with Crippen LogP contribution in [0.5, 0.6) is 0 Å². The second-order valence-electron chi connectivity index (χ2n) is 3.69. The average Bonchev–Trinajstić information content (AvgIpc) is 2.98. The summed E-state index contributed by atoms with van der Waals surface area (Å²) in [5.74, 6) is 0. The molecule has 4 aromatic rings. The molecule has 84 valence electrons. The van der Waals surface area contributed by atoms with E-state index in [4.69, 9.17) is 0 Å². The monoisotopic (exact) mass is 339 g/mol. The fraction of sp³-hybridized carbons (Fsp3) is 0. The Hall–Kier alpha value is -0.620. The third kappa shape index (κ3) is 1.40.